The fourth-order valence-corrected chi connectivity index (χ4v) is 1.76. The molecule has 1 aromatic carbocycles. The maximum Gasteiger partial charge on any atom is 0.240 e. The van der Waals surface area contributed by atoms with E-state index < -0.39 is 5.54 Å². The molecule has 0 aliphatic rings. The molecule has 18 heavy (non-hydrogen) atoms. The van der Waals surface area contributed by atoms with Crippen LogP contribution < -0.4 is 11.1 Å². The third kappa shape index (κ3) is 3.84. The summed E-state index contributed by atoms with van der Waals surface area (Å²) in [5.74, 6) is -0.133. The van der Waals surface area contributed by atoms with Crippen LogP contribution in [0.3, 0.4) is 0 Å². The van der Waals surface area contributed by atoms with Gasteiger partial charge in [0.15, 0.2) is 0 Å². The number of carbonyl (C=O) groups is 1. The van der Waals surface area contributed by atoms with Gasteiger partial charge in [-0.25, -0.2) is 0 Å². The molecule has 0 spiro atoms. The maximum absolute atomic E-state index is 12.1. The Morgan fingerprint density at radius 2 is 1.61 bits per heavy atom. The van der Waals surface area contributed by atoms with Crippen molar-refractivity contribution in [2.45, 2.75) is 46.2 Å². The highest BCUT2D eigenvalue weighted by atomic mass is 16.2. The third-order valence-corrected chi connectivity index (χ3v) is 2.86. The van der Waals surface area contributed by atoms with Gasteiger partial charge in [0, 0.05) is 0 Å². The highest BCUT2D eigenvalue weighted by Crippen LogP contribution is 2.32. The molecule has 1 aromatic rings. The molecule has 0 aliphatic carbocycles. The van der Waals surface area contributed by atoms with Crippen molar-refractivity contribution < 1.29 is 4.79 Å². The minimum absolute atomic E-state index is 0.0472. The van der Waals surface area contributed by atoms with Crippen LogP contribution in [0.4, 0.5) is 0 Å². The standard InChI is InChI=1S/C15H24N2O/c1-14(2,3)12(11-9-7-6-8-10-11)17-13(18)15(4,5)16/h6-10,12H,16H2,1-5H3,(H,17,18). The van der Waals surface area contributed by atoms with Crippen LogP contribution in [0.25, 0.3) is 0 Å². The second kappa shape index (κ2) is 5.11. The van der Waals surface area contributed by atoms with E-state index in [1.807, 2.05) is 30.3 Å². The van der Waals surface area contributed by atoms with E-state index in [2.05, 4.69) is 26.1 Å². The fourth-order valence-electron chi connectivity index (χ4n) is 1.76. The van der Waals surface area contributed by atoms with Crippen LogP contribution in [0.2, 0.25) is 0 Å². The zero-order valence-corrected chi connectivity index (χ0v) is 11.9. The van der Waals surface area contributed by atoms with Crippen molar-refractivity contribution in [3.05, 3.63) is 35.9 Å². The van der Waals surface area contributed by atoms with Gasteiger partial charge < -0.3 is 11.1 Å². The first-order valence-electron chi connectivity index (χ1n) is 6.27. The Hall–Kier alpha value is -1.35. The zero-order valence-electron chi connectivity index (χ0n) is 11.9. The molecular formula is C15H24N2O. The molecule has 0 heterocycles. The molecule has 0 aromatic heterocycles. The number of carbonyl (C=O) groups excluding carboxylic acids is 1. The third-order valence-electron chi connectivity index (χ3n) is 2.86. The van der Waals surface area contributed by atoms with E-state index in [1.165, 1.54) is 0 Å². The largest absolute Gasteiger partial charge is 0.347 e. The van der Waals surface area contributed by atoms with Crippen LogP contribution in [-0.4, -0.2) is 11.4 Å². The lowest BCUT2D eigenvalue weighted by molar-refractivity contribution is -0.126. The topological polar surface area (TPSA) is 55.1 Å². The number of hydrogen-bond acceptors (Lipinski definition) is 2. The molecule has 1 amide bonds. The van der Waals surface area contributed by atoms with Crippen molar-refractivity contribution in [1.29, 1.82) is 0 Å². The van der Waals surface area contributed by atoms with Crippen molar-refractivity contribution in [3.63, 3.8) is 0 Å². The van der Waals surface area contributed by atoms with Crippen LogP contribution in [0, 0.1) is 5.41 Å². The lowest BCUT2D eigenvalue weighted by Gasteiger charge is -2.34. The summed E-state index contributed by atoms with van der Waals surface area (Å²) in [4.78, 5) is 12.1. The molecule has 1 atom stereocenters. The van der Waals surface area contributed by atoms with Gasteiger partial charge in [-0.1, -0.05) is 51.1 Å². The molecule has 0 saturated carbocycles. The van der Waals surface area contributed by atoms with Crippen LogP contribution in [0.1, 0.15) is 46.2 Å². The molecule has 3 N–H and O–H groups in total. The Morgan fingerprint density at radius 1 is 1.11 bits per heavy atom. The van der Waals surface area contributed by atoms with Gasteiger partial charge >= 0.3 is 0 Å². The number of nitrogens with two attached hydrogens (primary N) is 1. The zero-order chi connectivity index (χ0) is 14.0. The average Bonchev–Trinajstić information content (AvgIpc) is 2.23. The first-order chi connectivity index (χ1) is 8.12. The molecule has 0 radical (unpaired) electrons. The minimum Gasteiger partial charge on any atom is -0.347 e. The number of hydrogen-bond donors (Lipinski definition) is 2. The quantitative estimate of drug-likeness (QED) is 0.864. The van der Waals surface area contributed by atoms with Crippen LogP contribution in [-0.2, 0) is 4.79 Å². The van der Waals surface area contributed by atoms with Gasteiger partial charge in [0.05, 0.1) is 11.6 Å². The second-order valence-corrected chi connectivity index (χ2v) is 6.40. The van der Waals surface area contributed by atoms with Crippen LogP contribution in [0.15, 0.2) is 30.3 Å². The molecule has 3 heteroatoms. The van der Waals surface area contributed by atoms with E-state index in [0.29, 0.717) is 0 Å². The predicted molar refractivity (Wildman–Crippen MR) is 75.0 cm³/mol. The van der Waals surface area contributed by atoms with Crippen molar-refractivity contribution in [2.24, 2.45) is 11.1 Å². The smallest absolute Gasteiger partial charge is 0.240 e. The summed E-state index contributed by atoms with van der Waals surface area (Å²) in [7, 11) is 0. The molecular weight excluding hydrogens is 224 g/mol. The normalized spacial score (nSPS) is 14.1. The summed E-state index contributed by atoms with van der Waals surface area (Å²) in [6.07, 6.45) is 0. The molecule has 1 rings (SSSR count). The Bertz CT molecular complexity index is 399. The summed E-state index contributed by atoms with van der Waals surface area (Å²) in [5, 5.41) is 3.05. The summed E-state index contributed by atoms with van der Waals surface area (Å²) in [5.41, 5.74) is 6.01. The van der Waals surface area contributed by atoms with Crippen molar-refractivity contribution in [1.82, 2.24) is 5.32 Å². The summed E-state index contributed by atoms with van der Waals surface area (Å²) < 4.78 is 0. The minimum atomic E-state index is -0.863. The number of amides is 1. The van der Waals surface area contributed by atoms with E-state index in [4.69, 9.17) is 5.73 Å². The fraction of sp³-hybridized carbons (Fsp3) is 0.533. The molecule has 0 saturated heterocycles. The molecule has 100 valence electrons. The Morgan fingerprint density at radius 3 is 2.00 bits per heavy atom. The van der Waals surface area contributed by atoms with Gasteiger partial charge in [-0.05, 0) is 24.8 Å². The highest BCUT2D eigenvalue weighted by Gasteiger charge is 2.31. The molecule has 0 bridgehead atoms. The molecule has 0 fully saturated rings. The molecule has 3 nitrogen and oxygen atoms in total. The summed E-state index contributed by atoms with van der Waals surface area (Å²) >= 11 is 0. The molecule has 0 aliphatic heterocycles. The van der Waals surface area contributed by atoms with Gasteiger partial charge in [0.25, 0.3) is 0 Å². The Labute approximate surface area is 110 Å². The summed E-state index contributed by atoms with van der Waals surface area (Å²) in [6.45, 7) is 9.75. The first-order valence-corrected chi connectivity index (χ1v) is 6.27. The highest BCUT2D eigenvalue weighted by molar-refractivity contribution is 5.85. The molecule has 1 unspecified atom stereocenters. The number of benzene rings is 1. The lowest BCUT2D eigenvalue weighted by Crippen LogP contribution is -2.51. The van der Waals surface area contributed by atoms with E-state index >= 15 is 0 Å². The number of nitrogens with one attached hydrogen (secondary N) is 1. The Kier molecular flexibility index (Phi) is 4.17. The monoisotopic (exact) mass is 248 g/mol. The Balaban J connectivity index is 2.99. The number of rotatable bonds is 3. The van der Waals surface area contributed by atoms with E-state index in [1.54, 1.807) is 13.8 Å². The first kappa shape index (κ1) is 14.7. The van der Waals surface area contributed by atoms with Gasteiger partial charge in [0.2, 0.25) is 5.91 Å². The van der Waals surface area contributed by atoms with Crippen LogP contribution in [0.5, 0.6) is 0 Å². The predicted octanol–water partition coefficient (Wildman–Crippen LogP) is 2.63. The van der Waals surface area contributed by atoms with Gasteiger partial charge in [0.1, 0.15) is 0 Å². The van der Waals surface area contributed by atoms with Crippen molar-refractivity contribution in [3.8, 4) is 0 Å². The van der Waals surface area contributed by atoms with E-state index in [0.717, 1.165) is 5.56 Å². The SMILES string of the molecule is CC(C)(N)C(=O)NC(c1ccccc1)C(C)(C)C. The average molecular weight is 248 g/mol. The van der Waals surface area contributed by atoms with Crippen LogP contribution >= 0.6 is 0 Å². The maximum atomic E-state index is 12.1. The second-order valence-electron chi connectivity index (χ2n) is 6.40. The van der Waals surface area contributed by atoms with E-state index in [9.17, 15) is 4.79 Å². The van der Waals surface area contributed by atoms with Crippen molar-refractivity contribution >= 4 is 5.91 Å². The summed E-state index contributed by atoms with van der Waals surface area (Å²) in [6, 6.07) is 9.94. The van der Waals surface area contributed by atoms with Gasteiger partial charge in [-0.3, -0.25) is 4.79 Å². The van der Waals surface area contributed by atoms with E-state index in [-0.39, 0.29) is 17.4 Å². The lowest BCUT2D eigenvalue weighted by atomic mass is 9.82. The van der Waals surface area contributed by atoms with Crippen molar-refractivity contribution in [2.75, 3.05) is 0 Å². The van der Waals surface area contributed by atoms with Gasteiger partial charge in [-0.15, -0.1) is 0 Å². The van der Waals surface area contributed by atoms with Gasteiger partial charge in [-0.2, -0.15) is 0 Å².